The topological polar surface area (TPSA) is 46.2 Å². The molecule has 0 aliphatic carbocycles. The zero-order chi connectivity index (χ0) is 15.4. The summed E-state index contributed by atoms with van der Waals surface area (Å²) < 4.78 is 29.5. The fourth-order valence-electron chi connectivity index (χ4n) is 2.35. The van der Waals surface area contributed by atoms with E-state index in [0.717, 1.165) is 6.42 Å². The molecule has 1 rings (SSSR count). The van der Waals surface area contributed by atoms with Crippen molar-refractivity contribution in [2.24, 2.45) is 0 Å². The lowest BCUT2D eigenvalue weighted by molar-refractivity contribution is -0.253. The number of rotatable bonds is 7. The van der Waals surface area contributed by atoms with E-state index in [1.54, 1.807) is 0 Å². The van der Waals surface area contributed by atoms with Gasteiger partial charge < -0.3 is 22.8 Å². The van der Waals surface area contributed by atoms with Crippen LogP contribution in [0.2, 0.25) is 6.55 Å². The molecule has 0 N–H and O–H groups in total. The molecule has 0 saturated carbocycles. The lowest BCUT2D eigenvalue weighted by Gasteiger charge is -2.42. The molecule has 0 aromatic carbocycles. The highest BCUT2D eigenvalue weighted by atomic mass is 28.4. The van der Waals surface area contributed by atoms with Gasteiger partial charge in [0.1, 0.15) is 5.60 Å². The molecule has 0 spiro atoms. The third-order valence-corrected chi connectivity index (χ3v) is 5.44. The third-order valence-electron chi connectivity index (χ3n) is 2.74. The first-order valence-electron chi connectivity index (χ1n) is 7.43. The SMILES string of the molecule is CC(C)O[Si](C)(OC(C)C)OC(C)(C)C1OCCCO1. The van der Waals surface area contributed by atoms with Crippen LogP contribution in [-0.2, 0) is 22.8 Å². The second-order valence-electron chi connectivity index (χ2n) is 6.33. The van der Waals surface area contributed by atoms with E-state index in [-0.39, 0.29) is 18.5 Å². The molecule has 0 unspecified atom stereocenters. The van der Waals surface area contributed by atoms with E-state index in [1.165, 1.54) is 0 Å². The lowest BCUT2D eigenvalue weighted by Crippen LogP contribution is -2.56. The van der Waals surface area contributed by atoms with E-state index in [1.807, 2.05) is 48.1 Å². The van der Waals surface area contributed by atoms with Crippen LogP contribution in [0, 0.1) is 0 Å². The van der Waals surface area contributed by atoms with Crippen molar-refractivity contribution in [2.75, 3.05) is 13.2 Å². The number of ether oxygens (including phenoxy) is 2. The van der Waals surface area contributed by atoms with Crippen LogP contribution in [-0.4, -0.2) is 46.1 Å². The summed E-state index contributed by atoms with van der Waals surface area (Å²) in [6.45, 7) is 15.2. The molecule has 0 aromatic heterocycles. The molecule has 0 bridgehead atoms. The van der Waals surface area contributed by atoms with Crippen LogP contribution in [0.1, 0.15) is 48.0 Å². The predicted molar refractivity (Wildman–Crippen MR) is 79.5 cm³/mol. The van der Waals surface area contributed by atoms with Gasteiger partial charge in [-0.15, -0.1) is 0 Å². The molecule has 0 amide bonds. The Morgan fingerprint density at radius 3 is 1.85 bits per heavy atom. The normalized spacial score (nSPS) is 19.1. The van der Waals surface area contributed by atoms with Gasteiger partial charge in [-0.2, -0.15) is 0 Å². The molecule has 0 radical (unpaired) electrons. The number of hydrogen-bond donors (Lipinski definition) is 0. The van der Waals surface area contributed by atoms with Crippen molar-refractivity contribution in [3.63, 3.8) is 0 Å². The van der Waals surface area contributed by atoms with Gasteiger partial charge in [0.15, 0.2) is 6.29 Å². The summed E-state index contributed by atoms with van der Waals surface area (Å²) in [4.78, 5) is 0. The summed E-state index contributed by atoms with van der Waals surface area (Å²) in [5, 5.41) is 0. The maximum atomic E-state index is 6.23. The van der Waals surface area contributed by atoms with Crippen LogP contribution in [0.5, 0.6) is 0 Å². The van der Waals surface area contributed by atoms with E-state index in [0.29, 0.717) is 13.2 Å². The van der Waals surface area contributed by atoms with Crippen molar-refractivity contribution in [3.8, 4) is 0 Å². The summed E-state index contributed by atoms with van der Waals surface area (Å²) in [5.74, 6) is 0. The van der Waals surface area contributed by atoms with Crippen LogP contribution in [0.15, 0.2) is 0 Å². The Morgan fingerprint density at radius 2 is 1.45 bits per heavy atom. The monoisotopic (exact) mass is 306 g/mol. The molecule has 1 aliphatic rings. The lowest BCUT2D eigenvalue weighted by atomic mass is 10.1. The van der Waals surface area contributed by atoms with E-state index >= 15 is 0 Å². The van der Waals surface area contributed by atoms with Crippen molar-refractivity contribution >= 4 is 8.80 Å². The van der Waals surface area contributed by atoms with Crippen LogP contribution < -0.4 is 0 Å². The molecular weight excluding hydrogens is 276 g/mol. The third kappa shape index (κ3) is 5.79. The van der Waals surface area contributed by atoms with E-state index in [9.17, 15) is 0 Å². The highest BCUT2D eigenvalue weighted by molar-refractivity contribution is 6.59. The van der Waals surface area contributed by atoms with Crippen molar-refractivity contribution in [1.29, 1.82) is 0 Å². The molecule has 20 heavy (non-hydrogen) atoms. The fraction of sp³-hybridized carbons (Fsp3) is 1.00. The van der Waals surface area contributed by atoms with Crippen LogP contribution in [0.3, 0.4) is 0 Å². The summed E-state index contributed by atoms with van der Waals surface area (Å²) in [6.07, 6.45) is 0.644. The zero-order valence-electron chi connectivity index (χ0n) is 13.9. The zero-order valence-corrected chi connectivity index (χ0v) is 14.9. The van der Waals surface area contributed by atoms with Gasteiger partial charge in [0.25, 0.3) is 0 Å². The molecule has 1 heterocycles. The Kier molecular flexibility index (Phi) is 6.62. The Bertz CT molecular complexity index is 277. The van der Waals surface area contributed by atoms with Crippen molar-refractivity contribution < 1.29 is 22.8 Å². The smallest absolute Gasteiger partial charge is 0.371 e. The van der Waals surface area contributed by atoms with Gasteiger partial charge in [0.2, 0.25) is 0 Å². The summed E-state index contributed by atoms with van der Waals surface area (Å²) in [5.41, 5.74) is -0.606. The van der Waals surface area contributed by atoms with Gasteiger partial charge in [-0.05, 0) is 48.0 Å². The van der Waals surface area contributed by atoms with Crippen molar-refractivity contribution in [1.82, 2.24) is 0 Å². The van der Waals surface area contributed by atoms with Gasteiger partial charge in [-0.25, -0.2) is 0 Å². The molecule has 1 aliphatic heterocycles. The van der Waals surface area contributed by atoms with E-state index < -0.39 is 14.4 Å². The minimum absolute atomic E-state index is 0.0504. The van der Waals surface area contributed by atoms with Crippen LogP contribution >= 0.6 is 0 Å². The fourth-order valence-corrected chi connectivity index (χ4v) is 5.26. The maximum Gasteiger partial charge on any atom is 0.498 e. The second-order valence-corrected chi connectivity index (χ2v) is 8.73. The Balaban J connectivity index is 2.75. The summed E-state index contributed by atoms with van der Waals surface area (Å²) in [7, 11) is -2.75. The van der Waals surface area contributed by atoms with Gasteiger partial charge in [0.05, 0.1) is 13.2 Å². The first kappa shape index (κ1) is 18.1. The first-order chi connectivity index (χ1) is 9.15. The van der Waals surface area contributed by atoms with E-state index in [4.69, 9.17) is 22.8 Å². The Labute approximate surface area is 124 Å². The molecular formula is C14H30O5Si. The van der Waals surface area contributed by atoms with Crippen LogP contribution in [0.25, 0.3) is 0 Å². The summed E-state index contributed by atoms with van der Waals surface area (Å²) in [6, 6.07) is 0. The summed E-state index contributed by atoms with van der Waals surface area (Å²) >= 11 is 0. The first-order valence-corrected chi connectivity index (χ1v) is 9.66. The standard InChI is InChI=1S/C14H30O5Si/c1-11(2)17-20(7,18-12(3)4)19-14(5,6)13-15-9-8-10-16-13/h11-13H,8-10H2,1-7H3. The molecule has 1 fully saturated rings. The number of hydrogen-bond acceptors (Lipinski definition) is 5. The van der Waals surface area contributed by atoms with Gasteiger partial charge >= 0.3 is 8.80 Å². The highest BCUT2D eigenvalue weighted by Gasteiger charge is 2.46. The molecule has 120 valence electrons. The minimum atomic E-state index is -2.75. The predicted octanol–water partition coefficient (Wildman–Crippen LogP) is 2.96. The molecule has 1 saturated heterocycles. The van der Waals surface area contributed by atoms with Crippen LogP contribution in [0.4, 0.5) is 0 Å². The average molecular weight is 306 g/mol. The van der Waals surface area contributed by atoms with Gasteiger partial charge in [-0.1, -0.05) is 0 Å². The molecule has 6 heteroatoms. The van der Waals surface area contributed by atoms with Gasteiger partial charge in [-0.3, -0.25) is 0 Å². The second kappa shape index (κ2) is 7.33. The Hall–Kier alpha value is 0.0169. The van der Waals surface area contributed by atoms with Crippen molar-refractivity contribution in [3.05, 3.63) is 0 Å². The van der Waals surface area contributed by atoms with E-state index in [2.05, 4.69) is 0 Å². The molecule has 0 aromatic rings. The average Bonchev–Trinajstić information content (AvgIpc) is 2.26. The molecule has 0 atom stereocenters. The van der Waals surface area contributed by atoms with Gasteiger partial charge in [0, 0.05) is 18.8 Å². The quantitative estimate of drug-likeness (QED) is 0.677. The minimum Gasteiger partial charge on any atom is -0.371 e. The largest absolute Gasteiger partial charge is 0.498 e. The highest BCUT2D eigenvalue weighted by Crippen LogP contribution is 2.28. The Morgan fingerprint density at radius 1 is 1.00 bits per heavy atom. The molecule has 5 nitrogen and oxygen atoms in total. The van der Waals surface area contributed by atoms with Crippen molar-refractivity contribution in [2.45, 2.75) is 78.6 Å². The maximum absolute atomic E-state index is 6.23.